The normalized spacial score (nSPS) is 21.0. The van der Waals surface area contributed by atoms with Gasteiger partial charge in [-0.3, -0.25) is 4.79 Å². The van der Waals surface area contributed by atoms with Crippen LogP contribution in [0, 0.1) is 5.92 Å². The fourth-order valence-corrected chi connectivity index (χ4v) is 3.13. The molecule has 0 N–H and O–H groups in total. The summed E-state index contributed by atoms with van der Waals surface area (Å²) >= 11 is 0. The first-order chi connectivity index (χ1) is 11.9. The Hall–Kier alpha value is -2.37. The largest absolute Gasteiger partial charge is 0.443 e. The van der Waals surface area contributed by atoms with E-state index in [1.807, 2.05) is 23.6 Å². The summed E-state index contributed by atoms with van der Waals surface area (Å²) in [5, 5.41) is 0. The lowest BCUT2D eigenvalue weighted by Gasteiger charge is -2.43. The third-order valence-corrected chi connectivity index (χ3v) is 4.61. The summed E-state index contributed by atoms with van der Waals surface area (Å²) in [6.07, 6.45) is 3.34. The monoisotopic (exact) mass is 357 g/mol. The number of β-lactam (4-membered cyclic amide) rings is 1. The maximum atomic E-state index is 12.4. The Kier molecular flexibility index (Phi) is 4.13. The number of rotatable bonds is 1. The van der Waals surface area contributed by atoms with E-state index < -0.39 is 17.7 Å². The highest BCUT2D eigenvalue weighted by molar-refractivity contribution is 5.99. The molecule has 1 saturated heterocycles. The molecule has 1 fully saturated rings. The van der Waals surface area contributed by atoms with Crippen molar-refractivity contribution in [1.82, 2.24) is 14.3 Å². The van der Waals surface area contributed by atoms with E-state index in [-0.39, 0.29) is 17.2 Å². The zero-order valence-electron chi connectivity index (χ0n) is 16.5. The predicted octanol–water partition coefficient (Wildman–Crippen LogP) is 4.09. The van der Waals surface area contributed by atoms with Crippen molar-refractivity contribution in [2.75, 3.05) is 0 Å². The van der Waals surface area contributed by atoms with Gasteiger partial charge >= 0.3 is 6.09 Å². The van der Waals surface area contributed by atoms with Crippen LogP contribution in [0.4, 0.5) is 4.79 Å². The van der Waals surface area contributed by atoms with Crippen molar-refractivity contribution >= 4 is 17.6 Å². The Balaban J connectivity index is 1.94. The highest BCUT2D eigenvalue weighted by Gasteiger charge is 2.51. The molecule has 3 heterocycles. The van der Waals surface area contributed by atoms with Gasteiger partial charge in [-0.05, 0) is 37.8 Å². The standard InChI is InChI=1S/C20H27N3O3/c1-12-16(23(17(12)24)18(25)26-20(5,6)7)14-11-22-10-13(19(2,3)4)8-9-15(22)21-14/h8-12,16H,1-7H3/t12-,16+/m1/s1. The quantitative estimate of drug-likeness (QED) is 0.721. The number of carbonyl (C=O) groups excluding carboxylic acids is 2. The Labute approximate surface area is 154 Å². The molecular weight excluding hydrogens is 330 g/mol. The second kappa shape index (κ2) is 5.83. The molecule has 0 bridgehead atoms. The third-order valence-electron chi connectivity index (χ3n) is 4.61. The lowest BCUT2D eigenvalue weighted by Crippen LogP contribution is -2.57. The van der Waals surface area contributed by atoms with E-state index in [9.17, 15) is 9.59 Å². The van der Waals surface area contributed by atoms with Gasteiger partial charge in [0.05, 0.1) is 17.7 Å². The van der Waals surface area contributed by atoms with Crippen molar-refractivity contribution in [3.8, 4) is 0 Å². The number of nitrogens with zero attached hydrogens (tertiary/aromatic N) is 3. The molecule has 2 amide bonds. The molecule has 0 aliphatic carbocycles. The van der Waals surface area contributed by atoms with Gasteiger partial charge in [-0.15, -0.1) is 0 Å². The number of hydrogen-bond donors (Lipinski definition) is 0. The molecule has 6 nitrogen and oxygen atoms in total. The van der Waals surface area contributed by atoms with E-state index in [0.29, 0.717) is 5.69 Å². The number of imidazole rings is 1. The number of fused-ring (bicyclic) bond motifs is 1. The van der Waals surface area contributed by atoms with Crippen LogP contribution in [-0.2, 0) is 14.9 Å². The molecule has 6 heteroatoms. The Morgan fingerprint density at radius 2 is 1.77 bits per heavy atom. The molecule has 26 heavy (non-hydrogen) atoms. The lowest BCUT2D eigenvalue weighted by molar-refractivity contribution is -0.153. The molecule has 0 aromatic carbocycles. The van der Waals surface area contributed by atoms with Crippen molar-refractivity contribution < 1.29 is 14.3 Å². The number of likely N-dealkylation sites (tertiary alicyclic amines) is 1. The van der Waals surface area contributed by atoms with Crippen LogP contribution in [0.25, 0.3) is 5.65 Å². The van der Waals surface area contributed by atoms with Crippen LogP contribution in [0.3, 0.4) is 0 Å². The van der Waals surface area contributed by atoms with Crippen LogP contribution in [0.2, 0.25) is 0 Å². The molecule has 2 aromatic rings. The summed E-state index contributed by atoms with van der Waals surface area (Å²) in [6, 6.07) is 3.63. The number of hydrogen-bond acceptors (Lipinski definition) is 4. The van der Waals surface area contributed by atoms with Crippen molar-refractivity contribution in [3.05, 3.63) is 35.8 Å². The first-order valence-corrected chi connectivity index (χ1v) is 8.94. The predicted molar refractivity (Wildman–Crippen MR) is 98.9 cm³/mol. The highest BCUT2D eigenvalue weighted by Crippen LogP contribution is 2.40. The molecule has 140 valence electrons. The van der Waals surface area contributed by atoms with Crippen LogP contribution in [0.1, 0.15) is 65.8 Å². The molecule has 2 atom stereocenters. The summed E-state index contributed by atoms with van der Waals surface area (Å²) < 4.78 is 7.34. The number of pyridine rings is 1. The van der Waals surface area contributed by atoms with Crippen molar-refractivity contribution in [1.29, 1.82) is 0 Å². The van der Waals surface area contributed by atoms with Gasteiger partial charge in [0.25, 0.3) is 0 Å². The molecule has 1 aliphatic heterocycles. The molecular formula is C20H27N3O3. The Morgan fingerprint density at radius 1 is 1.12 bits per heavy atom. The van der Waals surface area contributed by atoms with Crippen molar-refractivity contribution in [3.63, 3.8) is 0 Å². The first-order valence-electron chi connectivity index (χ1n) is 8.94. The van der Waals surface area contributed by atoms with E-state index in [1.54, 1.807) is 20.8 Å². The van der Waals surface area contributed by atoms with Crippen molar-refractivity contribution in [2.45, 2.75) is 65.5 Å². The van der Waals surface area contributed by atoms with Crippen LogP contribution >= 0.6 is 0 Å². The summed E-state index contributed by atoms with van der Waals surface area (Å²) in [5.74, 6) is -0.522. The van der Waals surface area contributed by atoms with Gasteiger partial charge in [0.15, 0.2) is 0 Å². The zero-order valence-corrected chi connectivity index (χ0v) is 16.5. The van der Waals surface area contributed by atoms with Crippen LogP contribution in [-0.4, -0.2) is 31.9 Å². The van der Waals surface area contributed by atoms with Crippen molar-refractivity contribution in [2.24, 2.45) is 5.92 Å². The topological polar surface area (TPSA) is 63.9 Å². The Morgan fingerprint density at radius 3 is 2.35 bits per heavy atom. The summed E-state index contributed by atoms with van der Waals surface area (Å²) in [4.78, 5) is 30.5. The maximum absolute atomic E-state index is 12.4. The van der Waals surface area contributed by atoms with E-state index >= 15 is 0 Å². The fourth-order valence-electron chi connectivity index (χ4n) is 3.13. The number of amides is 2. The molecule has 3 rings (SSSR count). The lowest BCUT2D eigenvalue weighted by atomic mass is 9.87. The van der Waals surface area contributed by atoms with Gasteiger partial charge < -0.3 is 9.14 Å². The average molecular weight is 357 g/mol. The second-order valence-electron chi connectivity index (χ2n) is 9.02. The number of ether oxygens (including phenoxy) is 1. The molecule has 1 aliphatic rings. The SMILES string of the molecule is C[C@H]1C(=O)N(C(=O)OC(C)(C)C)[C@@H]1c1cn2cc(C(C)(C)C)ccc2n1. The smallest absolute Gasteiger partial charge is 0.417 e. The van der Waals surface area contributed by atoms with Crippen LogP contribution < -0.4 is 0 Å². The Bertz CT molecular complexity index is 871. The van der Waals surface area contributed by atoms with Gasteiger partial charge in [0.2, 0.25) is 5.91 Å². The first kappa shape index (κ1) is 18.4. The minimum Gasteiger partial charge on any atom is -0.443 e. The highest BCUT2D eigenvalue weighted by atomic mass is 16.6. The van der Waals surface area contributed by atoms with Crippen LogP contribution in [0.15, 0.2) is 24.5 Å². The molecule has 0 radical (unpaired) electrons. The number of aromatic nitrogens is 2. The third kappa shape index (κ3) is 3.20. The number of imide groups is 1. The van der Waals surface area contributed by atoms with Gasteiger partial charge in [-0.2, -0.15) is 0 Å². The molecule has 0 unspecified atom stereocenters. The molecule has 2 aromatic heterocycles. The molecule has 0 saturated carbocycles. The van der Waals surface area contributed by atoms with E-state index in [1.165, 1.54) is 10.5 Å². The summed E-state index contributed by atoms with van der Waals surface area (Å²) in [7, 11) is 0. The minimum atomic E-state index is -0.652. The van der Waals surface area contributed by atoms with Gasteiger partial charge in [-0.25, -0.2) is 14.7 Å². The zero-order chi connectivity index (χ0) is 19.4. The summed E-state index contributed by atoms with van der Waals surface area (Å²) in [6.45, 7) is 13.6. The van der Waals surface area contributed by atoms with Gasteiger partial charge in [0.1, 0.15) is 11.2 Å². The van der Waals surface area contributed by atoms with Gasteiger partial charge in [0, 0.05) is 12.4 Å². The van der Waals surface area contributed by atoms with E-state index in [2.05, 4.69) is 38.0 Å². The second-order valence-corrected chi connectivity index (χ2v) is 9.02. The molecule has 0 spiro atoms. The minimum absolute atomic E-state index is 0.0287. The van der Waals surface area contributed by atoms with E-state index in [4.69, 9.17) is 4.74 Å². The summed E-state index contributed by atoms with van der Waals surface area (Å²) in [5.41, 5.74) is 2.07. The van der Waals surface area contributed by atoms with E-state index in [0.717, 1.165) is 5.65 Å². The number of carbonyl (C=O) groups is 2. The fraction of sp³-hybridized carbons (Fsp3) is 0.550. The average Bonchev–Trinajstić information content (AvgIpc) is 2.90. The van der Waals surface area contributed by atoms with Crippen LogP contribution in [0.5, 0.6) is 0 Å². The van der Waals surface area contributed by atoms with Gasteiger partial charge in [-0.1, -0.05) is 33.8 Å². The maximum Gasteiger partial charge on any atom is 0.417 e.